The van der Waals surface area contributed by atoms with Crippen molar-refractivity contribution in [1.29, 1.82) is 0 Å². The lowest BCUT2D eigenvalue weighted by Crippen LogP contribution is -1.99. The van der Waals surface area contributed by atoms with Crippen LogP contribution in [0.15, 0.2) is 30.3 Å². The summed E-state index contributed by atoms with van der Waals surface area (Å²) in [4.78, 5) is 15.2. The molecule has 5 heteroatoms. The normalized spacial score (nSPS) is 10.2. The van der Waals surface area contributed by atoms with Crippen LogP contribution in [0.3, 0.4) is 0 Å². The standard InChI is InChI=1S/C11H10N2O2S/c12-11-13-8(9(16-11)10(14)15)6-7-4-2-1-3-5-7/h1-5H,6H2,(H2,12,13)(H,14,15). The Bertz CT molecular complexity index is 508. The number of aromatic carboxylic acids is 1. The van der Waals surface area contributed by atoms with Crippen molar-refractivity contribution in [2.75, 3.05) is 5.73 Å². The summed E-state index contributed by atoms with van der Waals surface area (Å²) in [6, 6.07) is 9.59. The predicted molar refractivity (Wildman–Crippen MR) is 62.7 cm³/mol. The van der Waals surface area contributed by atoms with Gasteiger partial charge in [0.1, 0.15) is 4.88 Å². The summed E-state index contributed by atoms with van der Waals surface area (Å²) in [5.74, 6) is -0.972. The van der Waals surface area contributed by atoms with Gasteiger partial charge < -0.3 is 10.8 Å². The third-order valence-corrected chi connectivity index (χ3v) is 3.04. The Morgan fingerprint density at radius 2 is 2.06 bits per heavy atom. The summed E-state index contributed by atoms with van der Waals surface area (Å²) in [5.41, 5.74) is 7.07. The van der Waals surface area contributed by atoms with Crippen molar-refractivity contribution in [3.8, 4) is 0 Å². The average Bonchev–Trinajstić information content (AvgIpc) is 2.61. The zero-order valence-corrected chi connectivity index (χ0v) is 9.20. The first-order valence-corrected chi connectivity index (χ1v) is 5.51. The van der Waals surface area contributed by atoms with E-state index >= 15 is 0 Å². The molecule has 0 unspecified atom stereocenters. The van der Waals surface area contributed by atoms with E-state index in [1.807, 2.05) is 30.3 Å². The predicted octanol–water partition coefficient (Wildman–Crippen LogP) is 2.01. The third-order valence-electron chi connectivity index (χ3n) is 2.12. The smallest absolute Gasteiger partial charge is 0.347 e. The van der Waals surface area contributed by atoms with Gasteiger partial charge in [-0.2, -0.15) is 0 Å². The Balaban J connectivity index is 2.31. The lowest BCUT2D eigenvalue weighted by Gasteiger charge is -1.98. The summed E-state index contributed by atoms with van der Waals surface area (Å²) in [5, 5.41) is 9.27. The Labute approximate surface area is 96.4 Å². The van der Waals surface area contributed by atoms with Crippen molar-refractivity contribution >= 4 is 22.4 Å². The SMILES string of the molecule is Nc1nc(Cc2ccccc2)c(C(=O)O)s1. The van der Waals surface area contributed by atoms with Crippen LogP contribution in [0.4, 0.5) is 5.13 Å². The number of anilines is 1. The highest BCUT2D eigenvalue weighted by Crippen LogP contribution is 2.22. The first-order valence-electron chi connectivity index (χ1n) is 4.69. The number of nitrogens with zero attached hydrogens (tertiary/aromatic N) is 1. The molecule has 4 nitrogen and oxygen atoms in total. The van der Waals surface area contributed by atoms with Crippen LogP contribution < -0.4 is 5.73 Å². The van der Waals surface area contributed by atoms with E-state index < -0.39 is 5.97 Å². The summed E-state index contributed by atoms with van der Waals surface area (Å²) in [6.45, 7) is 0. The minimum Gasteiger partial charge on any atom is -0.477 e. The first kappa shape index (κ1) is 10.6. The second-order valence-corrected chi connectivity index (χ2v) is 4.33. The van der Waals surface area contributed by atoms with Gasteiger partial charge in [-0.15, -0.1) is 0 Å². The largest absolute Gasteiger partial charge is 0.477 e. The molecule has 0 aliphatic heterocycles. The Hall–Kier alpha value is -1.88. The van der Waals surface area contributed by atoms with Gasteiger partial charge in [-0.1, -0.05) is 41.7 Å². The van der Waals surface area contributed by atoms with E-state index in [-0.39, 0.29) is 4.88 Å². The molecule has 0 aliphatic rings. The van der Waals surface area contributed by atoms with Gasteiger partial charge in [0.05, 0.1) is 5.69 Å². The minimum atomic E-state index is -0.972. The molecule has 0 saturated heterocycles. The first-order chi connectivity index (χ1) is 7.66. The van der Waals surface area contributed by atoms with E-state index in [2.05, 4.69) is 4.98 Å². The maximum absolute atomic E-state index is 10.9. The van der Waals surface area contributed by atoms with Crippen molar-refractivity contribution in [3.05, 3.63) is 46.5 Å². The topological polar surface area (TPSA) is 76.2 Å². The second kappa shape index (κ2) is 4.32. The highest BCUT2D eigenvalue weighted by molar-refractivity contribution is 7.17. The van der Waals surface area contributed by atoms with E-state index in [9.17, 15) is 4.79 Å². The van der Waals surface area contributed by atoms with Crippen LogP contribution >= 0.6 is 11.3 Å². The number of benzene rings is 1. The van der Waals surface area contributed by atoms with Crippen LogP contribution in [-0.2, 0) is 6.42 Å². The zero-order valence-electron chi connectivity index (χ0n) is 8.38. The number of nitrogens with two attached hydrogens (primary N) is 1. The van der Waals surface area contributed by atoms with Gasteiger partial charge in [0, 0.05) is 6.42 Å². The number of rotatable bonds is 3. The number of carboxylic acids is 1. The van der Waals surface area contributed by atoms with E-state index in [0.717, 1.165) is 16.9 Å². The van der Waals surface area contributed by atoms with E-state index in [1.165, 1.54) is 0 Å². The highest BCUT2D eigenvalue weighted by atomic mass is 32.1. The van der Waals surface area contributed by atoms with Gasteiger partial charge in [0.2, 0.25) is 0 Å². The maximum atomic E-state index is 10.9. The number of carbonyl (C=O) groups is 1. The van der Waals surface area contributed by atoms with Gasteiger partial charge in [0.25, 0.3) is 0 Å². The fourth-order valence-electron chi connectivity index (χ4n) is 1.45. The lowest BCUT2D eigenvalue weighted by atomic mass is 10.1. The van der Waals surface area contributed by atoms with Gasteiger partial charge in [-0.05, 0) is 5.56 Å². The van der Waals surface area contributed by atoms with Gasteiger partial charge in [0.15, 0.2) is 5.13 Å². The van der Waals surface area contributed by atoms with E-state index in [0.29, 0.717) is 17.2 Å². The maximum Gasteiger partial charge on any atom is 0.347 e. The average molecular weight is 234 g/mol. The number of hydrogen-bond acceptors (Lipinski definition) is 4. The van der Waals surface area contributed by atoms with Crippen LogP contribution in [0.2, 0.25) is 0 Å². The molecule has 1 heterocycles. The molecular formula is C11H10N2O2S. The Kier molecular flexibility index (Phi) is 2.87. The summed E-state index contributed by atoms with van der Waals surface area (Å²) in [6.07, 6.45) is 0.496. The Morgan fingerprint density at radius 1 is 1.38 bits per heavy atom. The number of nitrogen functional groups attached to an aromatic ring is 1. The van der Waals surface area contributed by atoms with Crippen molar-refractivity contribution in [1.82, 2.24) is 4.98 Å². The quantitative estimate of drug-likeness (QED) is 0.851. The molecule has 1 aromatic heterocycles. The molecule has 0 radical (unpaired) electrons. The number of aromatic nitrogens is 1. The fraction of sp³-hybridized carbons (Fsp3) is 0.0909. The van der Waals surface area contributed by atoms with Crippen LogP contribution in [0.25, 0.3) is 0 Å². The molecular weight excluding hydrogens is 224 g/mol. The number of hydrogen-bond donors (Lipinski definition) is 2. The van der Waals surface area contributed by atoms with Gasteiger partial charge >= 0.3 is 5.97 Å². The Morgan fingerprint density at radius 3 is 2.69 bits per heavy atom. The van der Waals surface area contributed by atoms with E-state index in [4.69, 9.17) is 10.8 Å². The van der Waals surface area contributed by atoms with Crippen molar-refractivity contribution in [3.63, 3.8) is 0 Å². The molecule has 0 fully saturated rings. The highest BCUT2D eigenvalue weighted by Gasteiger charge is 2.16. The zero-order chi connectivity index (χ0) is 11.5. The monoisotopic (exact) mass is 234 g/mol. The molecule has 0 atom stereocenters. The molecule has 2 aromatic rings. The van der Waals surface area contributed by atoms with Crippen LogP contribution in [0.5, 0.6) is 0 Å². The number of carboxylic acid groups (broad SMARTS) is 1. The van der Waals surface area contributed by atoms with Crippen LogP contribution in [-0.4, -0.2) is 16.1 Å². The third kappa shape index (κ3) is 2.20. The van der Waals surface area contributed by atoms with Gasteiger partial charge in [-0.3, -0.25) is 0 Å². The molecule has 0 amide bonds. The molecule has 0 spiro atoms. The second-order valence-electron chi connectivity index (χ2n) is 3.30. The molecule has 16 heavy (non-hydrogen) atoms. The molecule has 0 aliphatic carbocycles. The van der Waals surface area contributed by atoms with Crippen molar-refractivity contribution in [2.24, 2.45) is 0 Å². The molecule has 2 rings (SSSR count). The van der Waals surface area contributed by atoms with Crippen molar-refractivity contribution < 1.29 is 9.90 Å². The summed E-state index contributed by atoms with van der Waals surface area (Å²) >= 11 is 1.01. The van der Waals surface area contributed by atoms with E-state index in [1.54, 1.807) is 0 Å². The van der Waals surface area contributed by atoms with Crippen LogP contribution in [0.1, 0.15) is 20.9 Å². The van der Waals surface area contributed by atoms with Crippen molar-refractivity contribution in [2.45, 2.75) is 6.42 Å². The fourth-order valence-corrected chi connectivity index (χ4v) is 2.13. The van der Waals surface area contributed by atoms with Crippen LogP contribution in [0, 0.1) is 0 Å². The molecule has 0 saturated carbocycles. The number of thiazole rings is 1. The molecule has 1 aromatic carbocycles. The lowest BCUT2D eigenvalue weighted by molar-refractivity contribution is 0.0701. The summed E-state index contributed by atoms with van der Waals surface area (Å²) < 4.78 is 0. The van der Waals surface area contributed by atoms with Gasteiger partial charge in [-0.25, -0.2) is 9.78 Å². The molecule has 0 bridgehead atoms. The summed E-state index contributed by atoms with van der Waals surface area (Å²) in [7, 11) is 0. The minimum absolute atomic E-state index is 0.223. The molecule has 3 N–H and O–H groups in total. The molecule has 82 valence electrons.